The highest BCUT2D eigenvalue weighted by Crippen LogP contribution is 2.22. The minimum absolute atomic E-state index is 0.259. The predicted octanol–water partition coefficient (Wildman–Crippen LogP) is 2.61. The Morgan fingerprint density at radius 1 is 1.50 bits per heavy atom. The maximum absolute atomic E-state index is 9.33. The minimum atomic E-state index is 0.259. The summed E-state index contributed by atoms with van der Waals surface area (Å²) in [5.41, 5.74) is 0.806. The predicted molar refractivity (Wildman–Crippen MR) is 50.3 cm³/mol. The summed E-state index contributed by atoms with van der Waals surface area (Å²) < 4.78 is 0. The molecule has 0 saturated heterocycles. The summed E-state index contributed by atoms with van der Waals surface area (Å²) >= 11 is 5.73. The van der Waals surface area contributed by atoms with Crippen LogP contribution in [-0.4, -0.2) is 5.11 Å². The fourth-order valence-electron chi connectivity index (χ4n) is 0.961. The molecule has 0 heterocycles. The monoisotopic (exact) mass is 180 g/mol. The van der Waals surface area contributed by atoms with Crippen molar-refractivity contribution in [3.05, 3.63) is 28.8 Å². The van der Waals surface area contributed by atoms with Crippen LogP contribution in [-0.2, 0) is 6.42 Å². The van der Waals surface area contributed by atoms with Gasteiger partial charge in [0.25, 0.3) is 0 Å². The molecule has 1 N–H and O–H groups in total. The van der Waals surface area contributed by atoms with Crippen LogP contribution < -0.4 is 0 Å². The number of aryl methyl sites for hydroxylation is 1. The zero-order valence-corrected chi connectivity index (χ0v) is 7.30. The molecule has 1 aromatic carbocycles. The van der Waals surface area contributed by atoms with Crippen molar-refractivity contribution in [3.8, 4) is 18.1 Å². The standard InChI is InChI=1S/C10H9ClO/c1-2-3-4-8-7-9(11)5-6-10(8)12/h1,5-7,12H,3-4H2. The van der Waals surface area contributed by atoms with Gasteiger partial charge in [0.2, 0.25) is 0 Å². The fraction of sp³-hybridized carbons (Fsp3) is 0.200. The molecule has 0 fully saturated rings. The highest BCUT2D eigenvalue weighted by atomic mass is 35.5. The van der Waals surface area contributed by atoms with E-state index in [1.165, 1.54) is 0 Å². The molecule has 12 heavy (non-hydrogen) atoms. The Hall–Kier alpha value is -1.13. The van der Waals surface area contributed by atoms with E-state index in [1.54, 1.807) is 18.2 Å². The average Bonchev–Trinajstić information content (AvgIpc) is 2.07. The van der Waals surface area contributed by atoms with E-state index in [1.807, 2.05) is 0 Å². The van der Waals surface area contributed by atoms with Crippen molar-refractivity contribution in [1.29, 1.82) is 0 Å². The molecular formula is C10H9ClO. The van der Waals surface area contributed by atoms with Gasteiger partial charge in [-0.15, -0.1) is 12.3 Å². The molecule has 0 aliphatic heterocycles. The van der Waals surface area contributed by atoms with Gasteiger partial charge in [-0.05, 0) is 30.2 Å². The Kier molecular flexibility index (Phi) is 3.01. The molecule has 0 amide bonds. The number of benzene rings is 1. The molecule has 0 saturated carbocycles. The Bertz CT molecular complexity index is 312. The Balaban J connectivity index is 2.84. The lowest BCUT2D eigenvalue weighted by Crippen LogP contribution is -1.84. The van der Waals surface area contributed by atoms with Crippen molar-refractivity contribution in [2.24, 2.45) is 0 Å². The van der Waals surface area contributed by atoms with Crippen molar-refractivity contribution in [2.75, 3.05) is 0 Å². The topological polar surface area (TPSA) is 20.2 Å². The van der Waals surface area contributed by atoms with Crippen molar-refractivity contribution in [2.45, 2.75) is 12.8 Å². The van der Waals surface area contributed by atoms with Gasteiger partial charge in [0.05, 0.1) is 0 Å². The van der Waals surface area contributed by atoms with Crippen LogP contribution >= 0.6 is 11.6 Å². The van der Waals surface area contributed by atoms with Gasteiger partial charge >= 0.3 is 0 Å². The second-order valence-electron chi connectivity index (χ2n) is 2.48. The quantitative estimate of drug-likeness (QED) is 0.694. The summed E-state index contributed by atoms with van der Waals surface area (Å²) in [6, 6.07) is 4.96. The van der Waals surface area contributed by atoms with Gasteiger partial charge in [-0.25, -0.2) is 0 Å². The zero-order valence-electron chi connectivity index (χ0n) is 6.55. The van der Waals surface area contributed by atoms with E-state index in [0.717, 1.165) is 5.56 Å². The zero-order chi connectivity index (χ0) is 8.97. The lowest BCUT2D eigenvalue weighted by atomic mass is 10.1. The van der Waals surface area contributed by atoms with Gasteiger partial charge < -0.3 is 5.11 Å². The smallest absolute Gasteiger partial charge is 0.118 e. The van der Waals surface area contributed by atoms with Gasteiger partial charge in [0.15, 0.2) is 0 Å². The molecule has 0 spiro atoms. The number of phenolic OH excluding ortho intramolecular Hbond substituents is 1. The third kappa shape index (κ3) is 2.18. The molecule has 62 valence electrons. The molecule has 1 rings (SSSR count). The van der Waals surface area contributed by atoms with Crippen LogP contribution in [0.3, 0.4) is 0 Å². The van der Waals surface area contributed by atoms with Crippen LogP contribution in [0.2, 0.25) is 5.02 Å². The summed E-state index contributed by atoms with van der Waals surface area (Å²) in [6.45, 7) is 0. The number of hydrogen-bond donors (Lipinski definition) is 1. The molecular weight excluding hydrogens is 172 g/mol. The molecule has 2 heteroatoms. The minimum Gasteiger partial charge on any atom is -0.508 e. The Morgan fingerprint density at radius 3 is 2.92 bits per heavy atom. The molecule has 0 unspecified atom stereocenters. The van der Waals surface area contributed by atoms with Gasteiger partial charge in [-0.2, -0.15) is 0 Å². The van der Waals surface area contributed by atoms with E-state index in [4.69, 9.17) is 18.0 Å². The van der Waals surface area contributed by atoms with E-state index in [9.17, 15) is 5.11 Å². The number of rotatable bonds is 2. The summed E-state index contributed by atoms with van der Waals surface area (Å²) in [7, 11) is 0. The van der Waals surface area contributed by atoms with Crippen molar-refractivity contribution < 1.29 is 5.11 Å². The fourth-order valence-corrected chi connectivity index (χ4v) is 1.16. The molecule has 0 radical (unpaired) electrons. The van der Waals surface area contributed by atoms with E-state index in [-0.39, 0.29) is 5.75 Å². The first kappa shape index (κ1) is 8.96. The average molecular weight is 181 g/mol. The largest absolute Gasteiger partial charge is 0.508 e. The van der Waals surface area contributed by atoms with Gasteiger partial charge in [-0.3, -0.25) is 0 Å². The number of hydrogen-bond acceptors (Lipinski definition) is 1. The van der Waals surface area contributed by atoms with E-state index < -0.39 is 0 Å². The molecule has 0 bridgehead atoms. The van der Waals surface area contributed by atoms with Crippen LogP contribution in [0.4, 0.5) is 0 Å². The van der Waals surface area contributed by atoms with Crippen LogP contribution in [0.15, 0.2) is 18.2 Å². The lowest BCUT2D eigenvalue weighted by molar-refractivity contribution is 0.468. The molecule has 0 aliphatic carbocycles. The van der Waals surface area contributed by atoms with E-state index in [0.29, 0.717) is 17.9 Å². The van der Waals surface area contributed by atoms with Crippen molar-refractivity contribution in [3.63, 3.8) is 0 Å². The summed E-state index contributed by atoms with van der Waals surface area (Å²) in [5, 5.41) is 9.96. The lowest BCUT2D eigenvalue weighted by Gasteiger charge is -2.01. The molecule has 1 nitrogen and oxygen atoms in total. The van der Waals surface area contributed by atoms with Crippen LogP contribution in [0.5, 0.6) is 5.75 Å². The van der Waals surface area contributed by atoms with E-state index >= 15 is 0 Å². The van der Waals surface area contributed by atoms with Crippen molar-refractivity contribution in [1.82, 2.24) is 0 Å². The number of halogens is 1. The van der Waals surface area contributed by atoms with Crippen LogP contribution in [0, 0.1) is 12.3 Å². The second-order valence-corrected chi connectivity index (χ2v) is 2.91. The first-order valence-electron chi connectivity index (χ1n) is 3.65. The van der Waals surface area contributed by atoms with Gasteiger partial charge in [0, 0.05) is 11.4 Å². The highest BCUT2D eigenvalue weighted by Gasteiger charge is 2.00. The Morgan fingerprint density at radius 2 is 2.25 bits per heavy atom. The number of aromatic hydroxyl groups is 1. The maximum Gasteiger partial charge on any atom is 0.118 e. The highest BCUT2D eigenvalue weighted by molar-refractivity contribution is 6.30. The molecule has 1 aromatic rings. The third-order valence-electron chi connectivity index (χ3n) is 1.58. The molecule has 0 aliphatic rings. The molecule has 0 atom stereocenters. The first-order chi connectivity index (χ1) is 5.74. The SMILES string of the molecule is C#CCCc1cc(Cl)ccc1O. The number of terminal acetylenes is 1. The summed E-state index contributed by atoms with van der Waals surface area (Å²) in [6.07, 6.45) is 6.39. The Labute approximate surface area is 77.0 Å². The van der Waals surface area contributed by atoms with Crippen molar-refractivity contribution >= 4 is 11.6 Å². The first-order valence-corrected chi connectivity index (χ1v) is 4.02. The third-order valence-corrected chi connectivity index (χ3v) is 1.82. The second kappa shape index (κ2) is 4.04. The summed E-state index contributed by atoms with van der Waals surface area (Å²) in [4.78, 5) is 0. The van der Waals surface area contributed by atoms with Crippen LogP contribution in [0.1, 0.15) is 12.0 Å². The van der Waals surface area contributed by atoms with Crippen LogP contribution in [0.25, 0.3) is 0 Å². The number of phenols is 1. The normalized spacial score (nSPS) is 9.33. The molecule has 0 aromatic heterocycles. The van der Waals surface area contributed by atoms with E-state index in [2.05, 4.69) is 5.92 Å². The maximum atomic E-state index is 9.33. The summed E-state index contributed by atoms with van der Waals surface area (Å²) in [5.74, 6) is 2.77. The van der Waals surface area contributed by atoms with Gasteiger partial charge in [0.1, 0.15) is 5.75 Å². The van der Waals surface area contributed by atoms with Gasteiger partial charge in [-0.1, -0.05) is 11.6 Å².